The molecule has 242 valence electrons. The van der Waals surface area contributed by atoms with Gasteiger partial charge < -0.3 is 9.73 Å². The number of halogens is 1. The van der Waals surface area contributed by atoms with E-state index in [-0.39, 0.29) is 33.0 Å². The molecule has 3 aliphatic rings. The highest BCUT2D eigenvalue weighted by Gasteiger charge is 2.41. The van der Waals surface area contributed by atoms with Gasteiger partial charge in [0.1, 0.15) is 17.8 Å². The fraction of sp³-hybridized carbons (Fsp3) is 0.389. The number of oxazole rings is 1. The number of Topliss-reactive ketones (excluding diaryl/α,β-unsaturated/α-hetero) is 1. The zero-order valence-corrected chi connectivity index (χ0v) is 27.8. The lowest BCUT2D eigenvalue weighted by Crippen LogP contribution is -2.43. The minimum atomic E-state index is -0.604. The smallest absolute Gasteiger partial charge is 0.186 e. The van der Waals surface area contributed by atoms with E-state index in [0.717, 1.165) is 37.9 Å². The molecule has 3 aromatic rings. The van der Waals surface area contributed by atoms with Gasteiger partial charge in [-0.25, -0.2) is 9.37 Å². The molecule has 0 spiro atoms. The lowest BCUT2D eigenvalue weighted by atomic mass is 9.93. The van der Waals surface area contributed by atoms with Gasteiger partial charge in [-0.3, -0.25) is 19.3 Å². The van der Waals surface area contributed by atoms with Gasteiger partial charge >= 0.3 is 0 Å². The predicted octanol–water partition coefficient (Wildman–Crippen LogP) is 6.98. The average molecular weight is 662 g/mol. The van der Waals surface area contributed by atoms with Gasteiger partial charge in [0.25, 0.3) is 0 Å². The topological polar surface area (TPSA) is 92.5 Å². The van der Waals surface area contributed by atoms with Gasteiger partial charge in [-0.15, -0.1) is 0 Å². The first-order chi connectivity index (χ1) is 22.3. The molecule has 7 nitrogen and oxygen atoms in total. The molecule has 6 rings (SSSR count). The van der Waals surface area contributed by atoms with E-state index in [2.05, 4.69) is 28.5 Å². The van der Waals surface area contributed by atoms with Crippen LogP contribution in [0.3, 0.4) is 0 Å². The Morgan fingerprint density at radius 1 is 0.935 bits per heavy atom. The Hall–Kier alpha value is -3.31. The van der Waals surface area contributed by atoms with E-state index in [0.29, 0.717) is 36.0 Å². The number of hydrogen-bond donors (Lipinski definition) is 1. The number of likely N-dealkylation sites (tertiary alicyclic amines) is 1. The monoisotopic (exact) mass is 661 g/mol. The fourth-order valence-corrected chi connectivity index (χ4v) is 7.74. The summed E-state index contributed by atoms with van der Waals surface area (Å²) in [6.45, 7) is 6.20. The molecule has 1 aliphatic carbocycles. The van der Waals surface area contributed by atoms with Crippen LogP contribution in [0.25, 0.3) is 12.2 Å². The number of rotatable bonds is 8. The number of ketones is 1. The summed E-state index contributed by atoms with van der Waals surface area (Å²) in [5, 5.41) is 3.97. The van der Waals surface area contributed by atoms with Crippen LogP contribution < -0.4 is 5.32 Å². The molecule has 3 atom stereocenters. The number of nitrogens with one attached hydrogen (secondary N) is 1. The third-order valence-electron chi connectivity index (χ3n) is 8.17. The van der Waals surface area contributed by atoms with Crippen molar-refractivity contribution in [3.8, 4) is 0 Å². The molecule has 10 heteroatoms. The Labute approximate surface area is 278 Å². The molecule has 46 heavy (non-hydrogen) atoms. The summed E-state index contributed by atoms with van der Waals surface area (Å²) >= 11 is 2.75. The maximum absolute atomic E-state index is 14.6. The normalized spacial score (nSPS) is 22.6. The molecule has 3 heterocycles. The number of carbonyl (C=O) groups excluding carboxylic acids is 3. The Morgan fingerprint density at radius 3 is 2.28 bits per heavy atom. The maximum atomic E-state index is 14.6. The van der Waals surface area contributed by atoms with Crippen LogP contribution in [-0.2, 0) is 14.4 Å². The van der Waals surface area contributed by atoms with E-state index in [4.69, 9.17) is 4.42 Å². The van der Waals surface area contributed by atoms with Crippen molar-refractivity contribution in [2.24, 2.45) is 5.92 Å². The van der Waals surface area contributed by atoms with Crippen molar-refractivity contribution in [2.75, 3.05) is 26.2 Å². The van der Waals surface area contributed by atoms with Crippen molar-refractivity contribution >= 4 is 51.7 Å². The van der Waals surface area contributed by atoms with Gasteiger partial charge in [-0.05, 0) is 61.1 Å². The zero-order valence-electron chi connectivity index (χ0n) is 26.2. The summed E-state index contributed by atoms with van der Waals surface area (Å²) in [6, 6.07) is 16.2. The quantitative estimate of drug-likeness (QED) is 0.274. The number of carbonyl (C=O) groups is 3. The zero-order chi connectivity index (χ0) is 32.5. The van der Waals surface area contributed by atoms with Crippen LogP contribution in [-0.4, -0.2) is 62.6 Å². The Kier molecular flexibility index (Phi) is 12.2. The van der Waals surface area contributed by atoms with E-state index in [1.54, 1.807) is 38.3 Å². The van der Waals surface area contributed by atoms with Crippen molar-refractivity contribution in [2.45, 2.75) is 56.1 Å². The molecule has 1 saturated carbocycles. The number of benzene rings is 2. The minimum absolute atomic E-state index is 0.0118. The van der Waals surface area contributed by atoms with Crippen LogP contribution in [0.5, 0.6) is 0 Å². The van der Waals surface area contributed by atoms with Crippen molar-refractivity contribution in [3.05, 3.63) is 101 Å². The van der Waals surface area contributed by atoms with Crippen LogP contribution in [0.1, 0.15) is 62.4 Å². The average Bonchev–Trinajstić information content (AvgIpc) is 3.77. The summed E-state index contributed by atoms with van der Waals surface area (Å²) in [7, 11) is 0. The number of aromatic nitrogens is 1. The maximum Gasteiger partial charge on any atom is 0.186 e. The first-order valence-electron chi connectivity index (χ1n) is 15.7. The first kappa shape index (κ1) is 34.0. The summed E-state index contributed by atoms with van der Waals surface area (Å²) in [5.74, 6) is -0.241. The second-order valence-corrected chi connectivity index (χ2v) is 14.5. The largest absolute Gasteiger partial charge is 0.451 e. The SMILES string of the molecule is CC(=O)SC1CCN(C(C(=O)C2CC2)c2ccccc2F)C/C1=C\c1cocn1.CC(=O)SC1CCNC/C1=C\c1ccccc1. The van der Waals surface area contributed by atoms with E-state index in [9.17, 15) is 18.8 Å². The predicted molar refractivity (Wildman–Crippen MR) is 184 cm³/mol. The van der Waals surface area contributed by atoms with Crippen LogP contribution >= 0.6 is 23.5 Å². The standard InChI is InChI=1S/C22H23FN2O3S.C14H17NOS/c1-14(26)29-20-8-9-25(11-16(20)10-17-12-28-13-24-17)21(22(27)15-6-7-15)18-4-2-3-5-19(18)23;1-11(16)17-14-7-8-15-10-13(14)9-12-5-3-2-4-6-12/h2-5,10,12-13,15,20-21H,6-9,11H2,1H3;2-6,9,14-15H,7-8,10H2,1H3/b16-10+;13-9+. The Bertz CT molecular complexity index is 1560. The van der Waals surface area contributed by atoms with Crippen molar-refractivity contribution in [3.63, 3.8) is 0 Å². The van der Waals surface area contributed by atoms with Gasteiger partial charge in [0, 0.05) is 55.5 Å². The van der Waals surface area contributed by atoms with Crippen molar-refractivity contribution < 1.29 is 23.2 Å². The van der Waals surface area contributed by atoms with Crippen LogP contribution in [0.15, 0.2) is 82.8 Å². The molecular formula is C36H40FN3O4S2. The van der Waals surface area contributed by atoms with Crippen LogP contribution in [0.2, 0.25) is 0 Å². The second-order valence-electron chi connectivity index (χ2n) is 11.8. The number of nitrogens with zero attached hydrogens (tertiary/aromatic N) is 2. The molecule has 0 radical (unpaired) electrons. The molecule has 0 amide bonds. The number of hydrogen-bond acceptors (Lipinski definition) is 9. The van der Waals surface area contributed by atoms with E-state index in [1.807, 2.05) is 29.2 Å². The molecule has 2 aliphatic heterocycles. The summed E-state index contributed by atoms with van der Waals surface area (Å²) in [6.07, 6.45) is 10.5. The summed E-state index contributed by atoms with van der Waals surface area (Å²) in [5.41, 5.74) is 4.63. The Morgan fingerprint density at radius 2 is 1.63 bits per heavy atom. The highest BCUT2D eigenvalue weighted by atomic mass is 32.2. The lowest BCUT2D eigenvalue weighted by molar-refractivity contribution is -0.126. The molecule has 2 saturated heterocycles. The molecule has 3 unspecified atom stereocenters. The summed E-state index contributed by atoms with van der Waals surface area (Å²) in [4.78, 5) is 42.3. The third-order valence-corrected chi connectivity index (χ3v) is 10.5. The van der Waals surface area contributed by atoms with Crippen LogP contribution in [0, 0.1) is 11.7 Å². The highest BCUT2D eigenvalue weighted by molar-refractivity contribution is 8.14. The molecular weight excluding hydrogens is 622 g/mol. The fourth-order valence-electron chi connectivity index (χ4n) is 5.89. The molecule has 1 N–H and O–H groups in total. The molecule has 2 aromatic carbocycles. The number of piperidine rings is 2. The summed E-state index contributed by atoms with van der Waals surface area (Å²) < 4.78 is 19.7. The van der Waals surface area contributed by atoms with Gasteiger partial charge in [-0.2, -0.15) is 0 Å². The van der Waals surface area contributed by atoms with Crippen LogP contribution in [0.4, 0.5) is 4.39 Å². The van der Waals surface area contributed by atoms with Crippen molar-refractivity contribution in [1.82, 2.24) is 15.2 Å². The minimum Gasteiger partial charge on any atom is -0.451 e. The van der Waals surface area contributed by atoms with Gasteiger partial charge in [-0.1, -0.05) is 78.1 Å². The van der Waals surface area contributed by atoms with Crippen molar-refractivity contribution in [1.29, 1.82) is 0 Å². The van der Waals surface area contributed by atoms with Gasteiger partial charge in [0.05, 0.1) is 6.04 Å². The van der Waals surface area contributed by atoms with Gasteiger partial charge in [0.2, 0.25) is 0 Å². The second kappa shape index (κ2) is 16.5. The number of thioether (sulfide) groups is 2. The Balaban J connectivity index is 0.000000209. The van der Waals surface area contributed by atoms with E-state index >= 15 is 0 Å². The van der Waals surface area contributed by atoms with E-state index in [1.165, 1.54) is 47.1 Å². The van der Waals surface area contributed by atoms with Gasteiger partial charge in [0.15, 0.2) is 22.4 Å². The molecule has 0 bridgehead atoms. The molecule has 3 fully saturated rings. The lowest BCUT2D eigenvalue weighted by Gasteiger charge is -2.38. The first-order valence-corrected chi connectivity index (χ1v) is 17.5. The van der Waals surface area contributed by atoms with E-state index < -0.39 is 6.04 Å². The third kappa shape index (κ3) is 9.61. The highest BCUT2D eigenvalue weighted by Crippen LogP contribution is 2.40. The molecule has 1 aromatic heterocycles.